The Morgan fingerprint density at radius 2 is 1.95 bits per heavy atom. The Kier molecular flexibility index (Phi) is 6.38. The van der Waals surface area contributed by atoms with Crippen LogP contribution < -0.4 is 10.5 Å². The van der Waals surface area contributed by atoms with E-state index in [9.17, 15) is 0 Å². The first kappa shape index (κ1) is 15.4. The van der Waals surface area contributed by atoms with E-state index in [2.05, 4.69) is 25.1 Å². The fourth-order valence-corrected chi connectivity index (χ4v) is 3.05. The first-order valence-electron chi connectivity index (χ1n) is 8.33. The van der Waals surface area contributed by atoms with Gasteiger partial charge in [-0.3, -0.25) is 0 Å². The maximum atomic E-state index is 6.18. The number of hydrogen-bond acceptors (Lipinski definition) is 2. The summed E-state index contributed by atoms with van der Waals surface area (Å²) in [6, 6.07) is 6.56. The maximum absolute atomic E-state index is 6.18. The molecule has 1 atom stereocenters. The standard InChI is InChI=1S/C18H29NO/c1-2-3-4-5-6-7-14-20-18-13-9-10-15-16(18)11-8-12-17(15)19/h9-10,13,17H,2-8,11-12,14,19H2,1H3. The summed E-state index contributed by atoms with van der Waals surface area (Å²) >= 11 is 0. The molecule has 1 aliphatic carbocycles. The molecular formula is C18H29NO. The van der Waals surface area contributed by atoms with E-state index >= 15 is 0 Å². The van der Waals surface area contributed by atoms with Crippen LogP contribution in [-0.2, 0) is 6.42 Å². The summed E-state index contributed by atoms with van der Waals surface area (Å²) in [5.41, 5.74) is 8.84. The van der Waals surface area contributed by atoms with E-state index in [0.717, 1.165) is 25.2 Å². The molecule has 0 radical (unpaired) electrons. The zero-order valence-corrected chi connectivity index (χ0v) is 12.9. The van der Waals surface area contributed by atoms with Gasteiger partial charge in [0.1, 0.15) is 5.75 Å². The van der Waals surface area contributed by atoms with Crippen LogP contribution >= 0.6 is 0 Å². The molecule has 1 aliphatic rings. The Bertz CT molecular complexity index is 402. The quantitative estimate of drug-likeness (QED) is 0.694. The van der Waals surface area contributed by atoms with Crippen LogP contribution in [0.1, 0.15) is 75.5 Å². The number of hydrogen-bond donors (Lipinski definition) is 1. The monoisotopic (exact) mass is 275 g/mol. The molecule has 0 fully saturated rings. The third kappa shape index (κ3) is 4.24. The van der Waals surface area contributed by atoms with Crippen molar-refractivity contribution in [1.29, 1.82) is 0 Å². The van der Waals surface area contributed by atoms with Gasteiger partial charge >= 0.3 is 0 Å². The highest BCUT2D eigenvalue weighted by Crippen LogP contribution is 2.34. The fraction of sp³-hybridized carbons (Fsp3) is 0.667. The van der Waals surface area contributed by atoms with E-state index in [-0.39, 0.29) is 6.04 Å². The molecule has 0 heterocycles. The molecule has 0 saturated heterocycles. The van der Waals surface area contributed by atoms with Gasteiger partial charge in [-0.1, -0.05) is 51.2 Å². The highest BCUT2D eigenvalue weighted by atomic mass is 16.5. The van der Waals surface area contributed by atoms with Crippen LogP contribution in [0.2, 0.25) is 0 Å². The molecule has 2 N–H and O–H groups in total. The van der Waals surface area contributed by atoms with E-state index in [4.69, 9.17) is 10.5 Å². The summed E-state index contributed by atoms with van der Waals surface area (Å²) in [7, 11) is 0. The predicted molar refractivity (Wildman–Crippen MR) is 85.2 cm³/mol. The van der Waals surface area contributed by atoms with Gasteiger partial charge in [0.15, 0.2) is 0 Å². The predicted octanol–water partition coefficient (Wildman–Crippen LogP) is 4.76. The van der Waals surface area contributed by atoms with Gasteiger partial charge in [-0.2, -0.15) is 0 Å². The average molecular weight is 275 g/mol. The summed E-state index contributed by atoms with van der Waals surface area (Å²) in [4.78, 5) is 0. The molecule has 112 valence electrons. The second kappa shape index (κ2) is 8.31. The van der Waals surface area contributed by atoms with E-state index < -0.39 is 0 Å². The largest absolute Gasteiger partial charge is 0.493 e. The van der Waals surface area contributed by atoms with Gasteiger partial charge in [0.25, 0.3) is 0 Å². The van der Waals surface area contributed by atoms with Crippen LogP contribution in [0.15, 0.2) is 18.2 Å². The van der Waals surface area contributed by atoms with Crippen LogP contribution in [0, 0.1) is 0 Å². The van der Waals surface area contributed by atoms with E-state index in [1.807, 2.05) is 0 Å². The molecule has 0 saturated carbocycles. The molecule has 2 nitrogen and oxygen atoms in total. The van der Waals surface area contributed by atoms with Crippen molar-refractivity contribution >= 4 is 0 Å². The molecular weight excluding hydrogens is 246 g/mol. The summed E-state index contributed by atoms with van der Waals surface area (Å²) in [5.74, 6) is 1.08. The van der Waals surface area contributed by atoms with Crippen molar-refractivity contribution < 1.29 is 4.74 Å². The number of ether oxygens (including phenoxy) is 1. The normalized spacial score (nSPS) is 17.8. The Labute approximate surface area is 123 Å². The minimum atomic E-state index is 0.205. The number of nitrogens with two attached hydrogens (primary N) is 1. The van der Waals surface area contributed by atoms with Gasteiger partial charge in [-0.25, -0.2) is 0 Å². The van der Waals surface area contributed by atoms with E-state index in [0.29, 0.717) is 0 Å². The van der Waals surface area contributed by atoms with Crippen LogP contribution in [-0.4, -0.2) is 6.61 Å². The van der Waals surface area contributed by atoms with Crippen LogP contribution in [0.5, 0.6) is 5.75 Å². The highest BCUT2D eigenvalue weighted by molar-refractivity contribution is 5.43. The SMILES string of the molecule is CCCCCCCCOc1cccc2c1CCCC2N. The Morgan fingerprint density at radius 3 is 2.80 bits per heavy atom. The molecule has 1 aromatic rings. The summed E-state index contributed by atoms with van der Waals surface area (Å²) < 4.78 is 6.00. The lowest BCUT2D eigenvalue weighted by Gasteiger charge is -2.24. The lowest BCUT2D eigenvalue weighted by Crippen LogP contribution is -2.18. The van der Waals surface area contributed by atoms with Crippen molar-refractivity contribution in [3.63, 3.8) is 0 Å². The zero-order chi connectivity index (χ0) is 14.2. The number of rotatable bonds is 8. The molecule has 1 aromatic carbocycles. The summed E-state index contributed by atoms with van der Waals surface area (Å²) in [5, 5.41) is 0. The third-order valence-electron chi connectivity index (χ3n) is 4.27. The number of fused-ring (bicyclic) bond motifs is 1. The topological polar surface area (TPSA) is 35.2 Å². The fourth-order valence-electron chi connectivity index (χ4n) is 3.05. The Morgan fingerprint density at radius 1 is 1.15 bits per heavy atom. The van der Waals surface area contributed by atoms with Crippen molar-refractivity contribution in [1.82, 2.24) is 0 Å². The van der Waals surface area contributed by atoms with E-state index in [1.54, 1.807) is 0 Å². The van der Waals surface area contributed by atoms with Gasteiger partial charge in [0, 0.05) is 6.04 Å². The van der Waals surface area contributed by atoms with Crippen molar-refractivity contribution in [3.8, 4) is 5.75 Å². The molecule has 20 heavy (non-hydrogen) atoms. The van der Waals surface area contributed by atoms with Gasteiger partial charge in [0.05, 0.1) is 6.61 Å². The average Bonchev–Trinajstić information content (AvgIpc) is 2.47. The van der Waals surface area contributed by atoms with Gasteiger partial charge < -0.3 is 10.5 Å². The van der Waals surface area contributed by atoms with Crippen molar-refractivity contribution in [2.24, 2.45) is 5.73 Å². The summed E-state index contributed by atoms with van der Waals surface area (Å²) in [6.45, 7) is 3.10. The first-order chi connectivity index (χ1) is 9.83. The Balaban J connectivity index is 1.77. The van der Waals surface area contributed by atoms with Crippen molar-refractivity contribution in [2.75, 3.05) is 6.61 Å². The third-order valence-corrected chi connectivity index (χ3v) is 4.27. The highest BCUT2D eigenvalue weighted by Gasteiger charge is 2.19. The molecule has 0 amide bonds. The van der Waals surface area contributed by atoms with Gasteiger partial charge in [0.2, 0.25) is 0 Å². The molecule has 1 unspecified atom stereocenters. The minimum Gasteiger partial charge on any atom is -0.493 e. The van der Waals surface area contributed by atoms with Crippen LogP contribution in [0.3, 0.4) is 0 Å². The maximum Gasteiger partial charge on any atom is 0.122 e. The second-order valence-electron chi connectivity index (χ2n) is 5.94. The minimum absolute atomic E-state index is 0.205. The molecule has 0 aliphatic heterocycles. The lowest BCUT2D eigenvalue weighted by molar-refractivity contribution is 0.299. The van der Waals surface area contributed by atoms with Gasteiger partial charge in [-0.15, -0.1) is 0 Å². The molecule has 0 spiro atoms. The van der Waals surface area contributed by atoms with Crippen LogP contribution in [0.25, 0.3) is 0 Å². The molecule has 2 rings (SSSR count). The molecule has 2 heteroatoms. The number of benzene rings is 1. The molecule has 0 aromatic heterocycles. The molecule has 0 bridgehead atoms. The Hall–Kier alpha value is -1.02. The smallest absolute Gasteiger partial charge is 0.122 e. The van der Waals surface area contributed by atoms with Crippen molar-refractivity contribution in [2.45, 2.75) is 70.8 Å². The number of unbranched alkanes of at least 4 members (excludes halogenated alkanes) is 5. The zero-order valence-electron chi connectivity index (χ0n) is 12.9. The summed E-state index contributed by atoms with van der Waals surface area (Å²) in [6.07, 6.45) is 11.3. The van der Waals surface area contributed by atoms with Crippen molar-refractivity contribution in [3.05, 3.63) is 29.3 Å². The van der Waals surface area contributed by atoms with E-state index in [1.165, 1.54) is 56.1 Å². The van der Waals surface area contributed by atoms with Gasteiger partial charge in [-0.05, 0) is 42.9 Å². The second-order valence-corrected chi connectivity index (χ2v) is 5.94. The lowest BCUT2D eigenvalue weighted by atomic mass is 9.87. The first-order valence-corrected chi connectivity index (χ1v) is 8.33. The van der Waals surface area contributed by atoms with Crippen LogP contribution in [0.4, 0.5) is 0 Å².